The number of halogens is 1. The van der Waals surface area contributed by atoms with Gasteiger partial charge in [-0.15, -0.1) is 5.10 Å². The number of hydrogen-bond donors (Lipinski definition) is 3. The van der Waals surface area contributed by atoms with Gasteiger partial charge in [-0.25, -0.2) is 18.7 Å². The van der Waals surface area contributed by atoms with E-state index in [1.165, 1.54) is 6.07 Å². The van der Waals surface area contributed by atoms with Gasteiger partial charge in [-0.2, -0.15) is 0 Å². The molecule has 4 rings (SSSR count). The van der Waals surface area contributed by atoms with Crippen molar-refractivity contribution >= 4 is 22.8 Å². The lowest BCUT2D eigenvalue weighted by Crippen LogP contribution is -2.27. The quantitative estimate of drug-likeness (QED) is 0.551. The third kappa shape index (κ3) is 5.21. The molecule has 1 aliphatic heterocycles. The van der Waals surface area contributed by atoms with Crippen LogP contribution in [-0.2, 0) is 9.59 Å². The smallest absolute Gasteiger partial charge is 0.328 e. The average molecular weight is 413 g/mol. The van der Waals surface area contributed by atoms with Gasteiger partial charge in [0.25, 0.3) is 0 Å². The maximum atomic E-state index is 14.1. The van der Waals surface area contributed by atoms with E-state index in [1.54, 1.807) is 22.9 Å². The summed E-state index contributed by atoms with van der Waals surface area (Å²) in [5, 5.41) is 24.3. The molecule has 1 saturated heterocycles. The normalized spacial score (nSPS) is 15.7. The highest BCUT2D eigenvalue weighted by Crippen LogP contribution is 2.29. The van der Waals surface area contributed by atoms with Crippen molar-refractivity contribution in [2.24, 2.45) is 0 Å². The Morgan fingerprint density at radius 2 is 1.77 bits per heavy atom. The Balaban J connectivity index is 0.000000275. The third-order valence-electron chi connectivity index (χ3n) is 4.27. The van der Waals surface area contributed by atoms with Crippen molar-refractivity contribution in [3.05, 3.63) is 66.5 Å². The highest BCUT2D eigenvalue weighted by Gasteiger charge is 2.20. The standard InChI is InChI=1S/C17H16FN3O.C4H4O4/c18-13-7-2-4-9-15(13)21-14-8-3-1-6-12(14)17(20-21)22-16-10-5-11-19-16;5-3(6)1-2-4(7)8/h1-4,6-9,16,19H,5,10-11H2;1-2H,(H,5,6)(H,7,8). The minimum Gasteiger partial charge on any atom is -0.478 e. The molecule has 0 spiro atoms. The molecule has 30 heavy (non-hydrogen) atoms. The van der Waals surface area contributed by atoms with Gasteiger partial charge in [0.2, 0.25) is 5.88 Å². The summed E-state index contributed by atoms with van der Waals surface area (Å²) >= 11 is 0. The number of aliphatic carboxylic acids is 2. The van der Waals surface area contributed by atoms with Crippen LogP contribution >= 0.6 is 0 Å². The molecule has 2 heterocycles. The monoisotopic (exact) mass is 413 g/mol. The predicted molar refractivity (Wildman–Crippen MR) is 107 cm³/mol. The molecule has 2 aromatic carbocycles. The Labute approximate surface area is 171 Å². The van der Waals surface area contributed by atoms with Crippen molar-refractivity contribution in [2.75, 3.05) is 6.54 Å². The summed E-state index contributed by atoms with van der Waals surface area (Å²) in [5.74, 6) is -2.28. The van der Waals surface area contributed by atoms with Gasteiger partial charge in [0.15, 0.2) is 6.23 Å². The molecule has 0 radical (unpaired) electrons. The van der Waals surface area contributed by atoms with Gasteiger partial charge in [-0.05, 0) is 43.7 Å². The number of carboxylic acid groups (broad SMARTS) is 2. The first-order valence-electron chi connectivity index (χ1n) is 9.22. The Kier molecular flexibility index (Phi) is 6.76. The largest absolute Gasteiger partial charge is 0.478 e. The lowest BCUT2D eigenvalue weighted by molar-refractivity contribution is -0.134. The van der Waals surface area contributed by atoms with Crippen LogP contribution in [0.15, 0.2) is 60.7 Å². The molecule has 3 aromatic rings. The summed E-state index contributed by atoms with van der Waals surface area (Å²) in [4.78, 5) is 19.1. The number of carboxylic acids is 2. The van der Waals surface area contributed by atoms with Gasteiger partial charge in [0.05, 0.1) is 10.9 Å². The van der Waals surface area contributed by atoms with Crippen molar-refractivity contribution in [1.29, 1.82) is 0 Å². The number of benzene rings is 2. The van der Waals surface area contributed by atoms with Crippen LogP contribution in [0.2, 0.25) is 0 Å². The van der Waals surface area contributed by atoms with E-state index in [0.717, 1.165) is 30.3 Å². The maximum Gasteiger partial charge on any atom is 0.328 e. The fourth-order valence-electron chi connectivity index (χ4n) is 2.96. The second-order valence-corrected chi connectivity index (χ2v) is 6.40. The fraction of sp³-hybridized carbons (Fsp3) is 0.190. The minimum atomic E-state index is -1.26. The molecular weight excluding hydrogens is 393 g/mol. The summed E-state index contributed by atoms with van der Waals surface area (Å²) in [6.45, 7) is 0.955. The van der Waals surface area contributed by atoms with E-state index in [0.29, 0.717) is 23.7 Å². The number of nitrogens with zero attached hydrogens (tertiary/aromatic N) is 2. The molecule has 0 amide bonds. The highest BCUT2D eigenvalue weighted by molar-refractivity contribution is 5.89. The molecule has 1 aromatic heterocycles. The zero-order valence-corrected chi connectivity index (χ0v) is 15.9. The third-order valence-corrected chi connectivity index (χ3v) is 4.27. The van der Waals surface area contributed by atoms with E-state index in [-0.39, 0.29) is 12.0 Å². The van der Waals surface area contributed by atoms with Crippen molar-refractivity contribution in [3.63, 3.8) is 0 Å². The van der Waals surface area contributed by atoms with Crippen LogP contribution in [0.5, 0.6) is 5.88 Å². The Morgan fingerprint density at radius 3 is 2.40 bits per heavy atom. The Hall–Kier alpha value is -3.72. The second-order valence-electron chi connectivity index (χ2n) is 6.40. The molecule has 0 aliphatic carbocycles. The number of para-hydroxylation sites is 2. The van der Waals surface area contributed by atoms with Crippen LogP contribution in [0, 0.1) is 5.82 Å². The second kappa shape index (κ2) is 9.66. The number of fused-ring (bicyclic) bond motifs is 1. The first kappa shape index (κ1) is 21.0. The molecule has 9 heteroatoms. The molecule has 3 N–H and O–H groups in total. The Morgan fingerprint density at radius 1 is 1.10 bits per heavy atom. The SMILES string of the molecule is Fc1ccccc1-n1nc(OC2CCCN2)c2ccccc21.O=C(O)C=CC(=O)O. The lowest BCUT2D eigenvalue weighted by atomic mass is 10.2. The average Bonchev–Trinajstić information content (AvgIpc) is 3.36. The minimum absolute atomic E-state index is 0.0209. The summed E-state index contributed by atoms with van der Waals surface area (Å²) in [7, 11) is 0. The van der Waals surface area contributed by atoms with Gasteiger partial charge in [0.1, 0.15) is 11.5 Å². The molecular formula is C21H20FN3O5. The fourth-order valence-corrected chi connectivity index (χ4v) is 2.96. The molecule has 8 nitrogen and oxygen atoms in total. The first-order chi connectivity index (χ1) is 14.5. The number of nitrogens with one attached hydrogen (secondary N) is 1. The number of carbonyl (C=O) groups is 2. The molecule has 1 aliphatic rings. The van der Waals surface area contributed by atoms with E-state index in [2.05, 4.69) is 10.4 Å². The lowest BCUT2D eigenvalue weighted by Gasteiger charge is -2.11. The Bertz CT molecular complexity index is 1060. The molecule has 1 unspecified atom stereocenters. The van der Waals surface area contributed by atoms with E-state index >= 15 is 0 Å². The van der Waals surface area contributed by atoms with E-state index in [1.807, 2.05) is 24.3 Å². The van der Waals surface area contributed by atoms with Crippen LogP contribution in [0.3, 0.4) is 0 Å². The number of rotatable bonds is 5. The molecule has 1 atom stereocenters. The highest BCUT2D eigenvalue weighted by atomic mass is 19.1. The number of aromatic nitrogens is 2. The van der Waals surface area contributed by atoms with Crippen LogP contribution in [0.25, 0.3) is 16.6 Å². The summed E-state index contributed by atoms with van der Waals surface area (Å²) in [6, 6.07) is 14.3. The van der Waals surface area contributed by atoms with Crippen molar-refractivity contribution in [3.8, 4) is 11.6 Å². The van der Waals surface area contributed by atoms with E-state index in [4.69, 9.17) is 14.9 Å². The van der Waals surface area contributed by atoms with Crippen LogP contribution < -0.4 is 10.1 Å². The summed E-state index contributed by atoms with van der Waals surface area (Å²) in [5.41, 5.74) is 1.26. The molecule has 156 valence electrons. The van der Waals surface area contributed by atoms with Crippen molar-refractivity contribution in [2.45, 2.75) is 19.1 Å². The topological polar surface area (TPSA) is 114 Å². The molecule has 0 bridgehead atoms. The zero-order valence-electron chi connectivity index (χ0n) is 15.9. The number of ether oxygens (including phenoxy) is 1. The summed E-state index contributed by atoms with van der Waals surface area (Å²) < 4.78 is 21.7. The first-order valence-corrected chi connectivity index (χ1v) is 9.22. The van der Waals surface area contributed by atoms with Gasteiger partial charge >= 0.3 is 11.9 Å². The summed E-state index contributed by atoms with van der Waals surface area (Å²) in [6.07, 6.45) is 3.15. The predicted octanol–water partition coefficient (Wildman–Crippen LogP) is 2.96. The van der Waals surface area contributed by atoms with Gasteiger partial charge < -0.3 is 14.9 Å². The van der Waals surface area contributed by atoms with Gasteiger partial charge in [-0.3, -0.25) is 5.32 Å². The van der Waals surface area contributed by atoms with E-state index in [9.17, 15) is 14.0 Å². The number of hydrogen-bond acceptors (Lipinski definition) is 5. The van der Waals surface area contributed by atoms with Gasteiger partial charge in [-0.1, -0.05) is 24.3 Å². The van der Waals surface area contributed by atoms with Crippen molar-refractivity contribution < 1.29 is 28.9 Å². The van der Waals surface area contributed by atoms with Gasteiger partial charge in [0, 0.05) is 12.2 Å². The molecule has 1 fully saturated rings. The maximum absolute atomic E-state index is 14.1. The van der Waals surface area contributed by atoms with E-state index < -0.39 is 11.9 Å². The molecule has 0 saturated carbocycles. The zero-order chi connectivity index (χ0) is 21.5. The van der Waals surface area contributed by atoms with Crippen LogP contribution in [-0.4, -0.2) is 44.7 Å². The van der Waals surface area contributed by atoms with Crippen molar-refractivity contribution in [1.82, 2.24) is 15.1 Å². The van der Waals surface area contributed by atoms with Crippen LogP contribution in [0.1, 0.15) is 12.8 Å². The van der Waals surface area contributed by atoms with Crippen LogP contribution in [0.4, 0.5) is 4.39 Å².